The highest BCUT2D eigenvalue weighted by Crippen LogP contribution is 2.16. The molecule has 126 valence electrons. The van der Waals surface area contributed by atoms with Crippen LogP contribution in [0.3, 0.4) is 0 Å². The molecule has 1 saturated heterocycles. The molecule has 2 N–H and O–H groups in total. The fourth-order valence-corrected chi connectivity index (χ4v) is 2.80. The minimum Gasteiger partial charge on any atom is -0.374 e. The number of amides is 2. The van der Waals surface area contributed by atoms with Crippen molar-refractivity contribution in [2.75, 3.05) is 23.7 Å². The topological polar surface area (TPSA) is 70.7 Å². The summed E-state index contributed by atoms with van der Waals surface area (Å²) in [5.74, 6) is -0.0391. The lowest BCUT2D eigenvalue weighted by atomic mass is 10.2. The van der Waals surface area contributed by atoms with Crippen molar-refractivity contribution in [3.63, 3.8) is 0 Å². The molecule has 1 fully saturated rings. The summed E-state index contributed by atoms with van der Waals surface area (Å²) in [5, 5.41) is 5.92. The Kier molecular flexibility index (Phi) is 5.60. The van der Waals surface area contributed by atoms with E-state index in [1.54, 1.807) is 12.1 Å². The van der Waals surface area contributed by atoms with Crippen LogP contribution in [0.4, 0.5) is 11.4 Å². The smallest absolute Gasteiger partial charge is 0.244 e. The summed E-state index contributed by atoms with van der Waals surface area (Å²) in [6, 6.07) is 6.98. The van der Waals surface area contributed by atoms with Crippen LogP contribution in [0.1, 0.15) is 27.7 Å². The van der Waals surface area contributed by atoms with Crippen LogP contribution in [0.5, 0.6) is 0 Å². The van der Waals surface area contributed by atoms with Crippen molar-refractivity contribution >= 4 is 23.2 Å². The highest BCUT2D eigenvalue weighted by molar-refractivity contribution is 5.89. The standard InChI is InChI=1S/C17H25N3O3/c1-11-9-20(10-12(2)23-11)17(22)13(3)18-15-5-7-16(8-6-15)19-14(4)21/h5-8,11-13,18H,9-10H2,1-4H3,(H,19,21)/t11-,12+,13-/m1/s1. The van der Waals surface area contributed by atoms with Gasteiger partial charge in [-0.2, -0.15) is 0 Å². The van der Waals surface area contributed by atoms with E-state index in [0.29, 0.717) is 13.1 Å². The number of ether oxygens (including phenoxy) is 1. The van der Waals surface area contributed by atoms with Crippen LogP contribution in [0.15, 0.2) is 24.3 Å². The lowest BCUT2D eigenvalue weighted by Crippen LogP contribution is -2.52. The SMILES string of the molecule is CC(=O)Nc1ccc(N[C@H](C)C(=O)N2C[C@@H](C)O[C@@H](C)C2)cc1. The molecule has 0 unspecified atom stereocenters. The Hall–Kier alpha value is -2.08. The van der Waals surface area contributed by atoms with E-state index < -0.39 is 0 Å². The minimum absolute atomic E-state index is 0.0619. The van der Waals surface area contributed by atoms with E-state index in [9.17, 15) is 9.59 Å². The third-order valence-corrected chi connectivity index (χ3v) is 3.69. The largest absolute Gasteiger partial charge is 0.374 e. The van der Waals surface area contributed by atoms with Crippen LogP contribution in [0, 0.1) is 0 Å². The van der Waals surface area contributed by atoms with Crippen molar-refractivity contribution in [1.29, 1.82) is 0 Å². The number of morpholine rings is 1. The lowest BCUT2D eigenvalue weighted by molar-refractivity contribution is -0.143. The second kappa shape index (κ2) is 7.46. The van der Waals surface area contributed by atoms with E-state index in [-0.39, 0.29) is 30.1 Å². The summed E-state index contributed by atoms with van der Waals surface area (Å²) in [6.45, 7) is 8.53. The lowest BCUT2D eigenvalue weighted by Gasteiger charge is -2.36. The molecule has 0 aliphatic carbocycles. The molecule has 0 bridgehead atoms. The molecular formula is C17H25N3O3. The van der Waals surface area contributed by atoms with E-state index >= 15 is 0 Å². The maximum Gasteiger partial charge on any atom is 0.244 e. The highest BCUT2D eigenvalue weighted by atomic mass is 16.5. The molecule has 0 saturated carbocycles. The highest BCUT2D eigenvalue weighted by Gasteiger charge is 2.28. The van der Waals surface area contributed by atoms with Crippen LogP contribution in [0.2, 0.25) is 0 Å². The summed E-state index contributed by atoms with van der Waals surface area (Å²) in [7, 11) is 0. The first-order chi connectivity index (χ1) is 10.8. The molecule has 3 atom stereocenters. The zero-order chi connectivity index (χ0) is 17.0. The molecule has 1 aliphatic heterocycles. The average Bonchev–Trinajstić information content (AvgIpc) is 2.47. The first kappa shape index (κ1) is 17.3. The van der Waals surface area contributed by atoms with Crippen LogP contribution < -0.4 is 10.6 Å². The Bertz CT molecular complexity index is 549. The number of benzene rings is 1. The Morgan fingerprint density at radius 3 is 2.17 bits per heavy atom. The predicted molar refractivity (Wildman–Crippen MR) is 90.4 cm³/mol. The van der Waals surface area contributed by atoms with Gasteiger partial charge in [0.15, 0.2) is 0 Å². The summed E-state index contributed by atoms with van der Waals surface area (Å²) in [5.41, 5.74) is 1.58. The number of rotatable bonds is 4. The monoisotopic (exact) mass is 319 g/mol. The summed E-state index contributed by atoms with van der Waals surface area (Å²) >= 11 is 0. The Morgan fingerprint density at radius 1 is 1.13 bits per heavy atom. The minimum atomic E-state index is -0.320. The van der Waals surface area contributed by atoms with Gasteiger partial charge in [0.05, 0.1) is 12.2 Å². The van der Waals surface area contributed by atoms with Gasteiger partial charge in [0.2, 0.25) is 11.8 Å². The second-order valence-electron chi connectivity index (χ2n) is 6.13. The quantitative estimate of drug-likeness (QED) is 0.891. The van der Waals surface area contributed by atoms with Crippen molar-refractivity contribution in [2.24, 2.45) is 0 Å². The van der Waals surface area contributed by atoms with Crippen LogP contribution in [0.25, 0.3) is 0 Å². The Balaban J connectivity index is 1.94. The number of carbonyl (C=O) groups excluding carboxylic acids is 2. The van der Waals surface area contributed by atoms with E-state index in [1.807, 2.05) is 37.8 Å². The number of hydrogen-bond donors (Lipinski definition) is 2. The van der Waals surface area contributed by atoms with E-state index in [4.69, 9.17) is 4.74 Å². The van der Waals surface area contributed by atoms with E-state index in [1.165, 1.54) is 6.92 Å². The fraction of sp³-hybridized carbons (Fsp3) is 0.529. The second-order valence-corrected chi connectivity index (χ2v) is 6.13. The molecule has 0 radical (unpaired) electrons. The number of carbonyl (C=O) groups is 2. The molecule has 23 heavy (non-hydrogen) atoms. The average molecular weight is 319 g/mol. The Morgan fingerprint density at radius 2 is 1.65 bits per heavy atom. The van der Waals surface area contributed by atoms with Gasteiger partial charge in [-0.3, -0.25) is 9.59 Å². The van der Waals surface area contributed by atoms with Crippen molar-refractivity contribution in [1.82, 2.24) is 4.90 Å². The normalized spacial score (nSPS) is 22.3. The number of hydrogen-bond acceptors (Lipinski definition) is 4. The molecule has 2 rings (SSSR count). The van der Waals surface area contributed by atoms with Gasteiger partial charge in [-0.25, -0.2) is 0 Å². The van der Waals surface area contributed by atoms with Gasteiger partial charge in [-0.1, -0.05) is 0 Å². The molecule has 6 heteroatoms. The van der Waals surface area contributed by atoms with Gasteiger partial charge in [-0.05, 0) is 45.0 Å². The van der Waals surface area contributed by atoms with Crippen molar-refractivity contribution in [3.05, 3.63) is 24.3 Å². The molecule has 0 aromatic heterocycles. The summed E-state index contributed by atoms with van der Waals surface area (Å²) in [4.78, 5) is 25.4. The van der Waals surface area contributed by atoms with Gasteiger partial charge in [0, 0.05) is 31.4 Å². The third-order valence-electron chi connectivity index (χ3n) is 3.69. The first-order valence-electron chi connectivity index (χ1n) is 7.93. The van der Waals surface area contributed by atoms with Gasteiger partial charge in [0.1, 0.15) is 6.04 Å². The van der Waals surface area contributed by atoms with Crippen LogP contribution in [-0.2, 0) is 14.3 Å². The molecule has 1 heterocycles. The molecular weight excluding hydrogens is 294 g/mol. The molecule has 6 nitrogen and oxygen atoms in total. The molecule has 2 amide bonds. The predicted octanol–water partition coefficient (Wildman–Crippen LogP) is 2.08. The number of nitrogens with one attached hydrogen (secondary N) is 2. The third kappa shape index (κ3) is 4.96. The van der Waals surface area contributed by atoms with Gasteiger partial charge < -0.3 is 20.3 Å². The Labute approximate surface area is 137 Å². The van der Waals surface area contributed by atoms with Gasteiger partial charge in [-0.15, -0.1) is 0 Å². The zero-order valence-electron chi connectivity index (χ0n) is 14.1. The van der Waals surface area contributed by atoms with Gasteiger partial charge in [0.25, 0.3) is 0 Å². The zero-order valence-corrected chi connectivity index (χ0v) is 14.1. The van der Waals surface area contributed by atoms with Gasteiger partial charge >= 0.3 is 0 Å². The van der Waals surface area contributed by atoms with E-state index in [2.05, 4.69) is 10.6 Å². The maximum atomic E-state index is 12.6. The molecule has 1 aromatic carbocycles. The molecule has 0 spiro atoms. The first-order valence-corrected chi connectivity index (χ1v) is 7.93. The van der Waals surface area contributed by atoms with Crippen molar-refractivity contribution in [3.8, 4) is 0 Å². The van der Waals surface area contributed by atoms with E-state index in [0.717, 1.165) is 11.4 Å². The van der Waals surface area contributed by atoms with Crippen LogP contribution in [-0.4, -0.2) is 48.1 Å². The molecule has 1 aliphatic rings. The fourth-order valence-electron chi connectivity index (χ4n) is 2.80. The summed E-state index contributed by atoms with van der Waals surface area (Å²) in [6.07, 6.45) is 0.124. The van der Waals surface area contributed by atoms with Crippen molar-refractivity contribution in [2.45, 2.75) is 45.9 Å². The van der Waals surface area contributed by atoms with Crippen LogP contribution >= 0.6 is 0 Å². The molecule has 1 aromatic rings. The van der Waals surface area contributed by atoms with Crippen molar-refractivity contribution < 1.29 is 14.3 Å². The maximum absolute atomic E-state index is 12.6. The number of anilines is 2. The summed E-state index contributed by atoms with van der Waals surface area (Å²) < 4.78 is 5.66. The number of nitrogens with zero attached hydrogens (tertiary/aromatic N) is 1.